The average Bonchev–Trinajstić information content (AvgIpc) is 3.09. The zero-order valence-corrected chi connectivity index (χ0v) is 15.9. The molecule has 0 saturated heterocycles. The second-order valence-corrected chi connectivity index (χ2v) is 6.67. The van der Waals surface area contributed by atoms with E-state index in [1.54, 1.807) is 55.5 Å². The third kappa shape index (κ3) is 4.06. The number of carbonyl (C=O) groups is 1. The Morgan fingerprint density at radius 3 is 2.45 bits per heavy atom. The Morgan fingerprint density at radius 2 is 1.69 bits per heavy atom. The van der Waals surface area contributed by atoms with Gasteiger partial charge in [0.1, 0.15) is 18.4 Å². The molecule has 4 rings (SSSR count). The smallest absolute Gasteiger partial charge is 0.420 e. The van der Waals surface area contributed by atoms with E-state index < -0.39 is 11.8 Å². The number of nitrogens with zero attached hydrogens (tertiary/aromatic N) is 1. The van der Waals surface area contributed by atoms with Crippen molar-refractivity contribution in [1.29, 1.82) is 0 Å². The first-order valence-electron chi connectivity index (χ1n) is 9.29. The molecule has 1 atom stereocenters. The number of ether oxygens (including phenoxy) is 1. The highest BCUT2D eigenvalue weighted by Gasteiger charge is 2.21. The second-order valence-electron chi connectivity index (χ2n) is 6.67. The highest BCUT2D eigenvalue weighted by Crippen LogP contribution is 2.20. The molecule has 0 aliphatic rings. The molecule has 1 N–H and O–H groups in total. The van der Waals surface area contributed by atoms with Crippen molar-refractivity contribution in [2.24, 2.45) is 0 Å². The number of para-hydroxylation sites is 2. The lowest BCUT2D eigenvalue weighted by Gasteiger charge is -2.13. The van der Waals surface area contributed by atoms with Gasteiger partial charge in [0, 0.05) is 5.69 Å². The number of anilines is 1. The molecule has 1 heterocycles. The number of aromatic nitrogens is 1. The van der Waals surface area contributed by atoms with Crippen LogP contribution in [0.5, 0.6) is 5.75 Å². The van der Waals surface area contributed by atoms with Crippen molar-refractivity contribution < 1.29 is 13.9 Å². The predicted octanol–water partition coefficient (Wildman–Crippen LogP) is 4.37. The van der Waals surface area contributed by atoms with Gasteiger partial charge in [-0.2, -0.15) is 0 Å². The lowest BCUT2D eigenvalue weighted by molar-refractivity contribution is -0.118. The zero-order chi connectivity index (χ0) is 20.2. The Labute approximate surface area is 167 Å². The molecule has 6 nitrogen and oxygen atoms in total. The molecule has 0 bridgehead atoms. The monoisotopic (exact) mass is 388 g/mol. The van der Waals surface area contributed by atoms with Crippen LogP contribution in [0.25, 0.3) is 11.1 Å². The number of nitrogens with one attached hydrogen (secondary N) is 1. The summed E-state index contributed by atoms with van der Waals surface area (Å²) in [5.41, 5.74) is 2.74. The van der Waals surface area contributed by atoms with Crippen LogP contribution in [-0.4, -0.2) is 10.5 Å². The van der Waals surface area contributed by atoms with E-state index in [1.807, 2.05) is 30.3 Å². The number of benzene rings is 3. The van der Waals surface area contributed by atoms with Crippen LogP contribution in [0.4, 0.5) is 5.69 Å². The normalized spacial score (nSPS) is 11.9. The summed E-state index contributed by atoms with van der Waals surface area (Å²) in [4.78, 5) is 24.8. The zero-order valence-electron chi connectivity index (χ0n) is 15.9. The number of rotatable bonds is 6. The third-order valence-electron chi connectivity index (χ3n) is 4.66. The number of fused-ring (bicyclic) bond motifs is 1. The van der Waals surface area contributed by atoms with Crippen molar-refractivity contribution in [1.82, 2.24) is 4.57 Å². The maximum Gasteiger partial charge on any atom is 0.420 e. The van der Waals surface area contributed by atoms with E-state index in [0.717, 1.165) is 5.56 Å². The van der Waals surface area contributed by atoms with E-state index in [-0.39, 0.29) is 5.91 Å². The van der Waals surface area contributed by atoms with Crippen molar-refractivity contribution in [3.05, 3.63) is 95.0 Å². The Bertz CT molecular complexity index is 1180. The predicted molar refractivity (Wildman–Crippen MR) is 111 cm³/mol. The fourth-order valence-electron chi connectivity index (χ4n) is 3.09. The van der Waals surface area contributed by atoms with Crippen molar-refractivity contribution >= 4 is 22.7 Å². The van der Waals surface area contributed by atoms with Gasteiger partial charge in [0.05, 0.1) is 5.52 Å². The van der Waals surface area contributed by atoms with E-state index in [2.05, 4.69) is 5.32 Å². The van der Waals surface area contributed by atoms with Crippen LogP contribution in [0.1, 0.15) is 18.5 Å². The molecule has 146 valence electrons. The van der Waals surface area contributed by atoms with Crippen LogP contribution in [0.3, 0.4) is 0 Å². The highest BCUT2D eigenvalue weighted by molar-refractivity contribution is 5.94. The lowest BCUT2D eigenvalue weighted by atomic mass is 10.2. The molecular formula is C23H20N2O4. The molecule has 0 unspecified atom stereocenters. The minimum atomic E-state index is -0.722. The van der Waals surface area contributed by atoms with Crippen LogP contribution < -0.4 is 15.8 Å². The summed E-state index contributed by atoms with van der Waals surface area (Å²) in [6, 6.07) is 23.3. The van der Waals surface area contributed by atoms with Crippen LogP contribution >= 0.6 is 0 Å². The summed E-state index contributed by atoms with van der Waals surface area (Å²) in [6.07, 6.45) is 0. The largest absolute Gasteiger partial charge is 0.489 e. The topological polar surface area (TPSA) is 73.5 Å². The fraction of sp³-hybridized carbons (Fsp3) is 0.130. The summed E-state index contributed by atoms with van der Waals surface area (Å²) >= 11 is 0. The summed E-state index contributed by atoms with van der Waals surface area (Å²) in [6.45, 7) is 2.14. The van der Waals surface area contributed by atoms with E-state index in [9.17, 15) is 9.59 Å². The molecule has 0 saturated carbocycles. The Morgan fingerprint density at radius 1 is 1.00 bits per heavy atom. The van der Waals surface area contributed by atoms with Gasteiger partial charge < -0.3 is 14.5 Å². The van der Waals surface area contributed by atoms with Crippen LogP contribution in [0, 0.1) is 0 Å². The van der Waals surface area contributed by atoms with Crippen molar-refractivity contribution in [3.63, 3.8) is 0 Å². The van der Waals surface area contributed by atoms with Gasteiger partial charge >= 0.3 is 5.76 Å². The van der Waals surface area contributed by atoms with Gasteiger partial charge in [-0.15, -0.1) is 0 Å². The average molecular weight is 388 g/mol. The van der Waals surface area contributed by atoms with Gasteiger partial charge in [-0.25, -0.2) is 4.79 Å². The summed E-state index contributed by atoms with van der Waals surface area (Å²) < 4.78 is 12.3. The number of hydrogen-bond acceptors (Lipinski definition) is 4. The first kappa shape index (κ1) is 18.6. The van der Waals surface area contributed by atoms with Gasteiger partial charge in [0.2, 0.25) is 5.91 Å². The summed E-state index contributed by atoms with van der Waals surface area (Å²) in [7, 11) is 0. The van der Waals surface area contributed by atoms with Gasteiger partial charge in [-0.1, -0.05) is 42.5 Å². The minimum Gasteiger partial charge on any atom is -0.489 e. The van der Waals surface area contributed by atoms with E-state index in [0.29, 0.717) is 29.1 Å². The molecule has 1 amide bonds. The van der Waals surface area contributed by atoms with E-state index in [1.165, 1.54) is 4.57 Å². The maximum atomic E-state index is 12.7. The van der Waals surface area contributed by atoms with Crippen LogP contribution in [0.2, 0.25) is 0 Å². The summed E-state index contributed by atoms with van der Waals surface area (Å²) in [5, 5.41) is 2.83. The summed E-state index contributed by atoms with van der Waals surface area (Å²) in [5.74, 6) is -0.160. The molecule has 1 aromatic heterocycles. The number of oxazole rings is 1. The molecule has 0 aliphatic carbocycles. The number of hydrogen-bond donors (Lipinski definition) is 1. The highest BCUT2D eigenvalue weighted by atomic mass is 16.5. The quantitative estimate of drug-likeness (QED) is 0.532. The van der Waals surface area contributed by atoms with E-state index >= 15 is 0 Å². The van der Waals surface area contributed by atoms with Crippen LogP contribution in [0.15, 0.2) is 88.1 Å². The van der Waals surface area contributed by atoms with Gasteiger partial charge in [-0.3, -0.25) is 9.36 Å². The molecule has 0 spiro atoms. The maximum absolute atomic E-state index is 12.7. The number of amides is 1. The lowest BCUT2D eigenvalue weighted by Crippen LogP contribution is -2.29. The SMILES string of the molecule is C[C@H](C(=O)Nc1ccc(OCc2ccccc2)cc1)n1c(=O)oc2ccccc21. The third-order valence-corrected chi connectivity index (χ3v) is 4.66. The molecule has 6 heteroatoms. The minimum absolute atomic E-state index is 0.309. The Hall–Kier alpha value is -3.80. The Kier molecular flexibility index (Phi) is 5.16. The Balaban J connectivity index is 1.42. The molecular weight excluding hydrogens is 368 g/mol. The molecule has 0 radical (unpaired) electrons. The standard InChI is InChI=1S/C23H20N2O4/c1-16(25-20-9-5-6-10-21(20)29-23(25)27)22(26)24-18-11-13-19(14-12-18)28-15-17-7-3-2-4-8-17/h2-14,16H,15H2,1H3,(H,24,26)/t16-/m1/s1. The fourth-order valence-corrected chi connectivity index (χ4v) is 3.09. The van der Waals surface area contributed by atoms with Gasteiger partial charge in [0.25, 0.3) is 0 Å². The molecule has 0 aliphatic heterocycles. The van der Waals surface area contributed by atoms with Crippen molar-refractivity contribution in [2.45, 2.75) is 19.6 Å². The van der Waals surface area contributed by atoms with Gasteiger partial charge in [-0.05, 0) is 48.9 Å². The van der Waals surface area contributed by atoms with Gasteiger partial charge in [0.15, 0.2) is 5.58 Å². The first-order chi connectivity index (χ1) is 14.1. The van der Waals surface area contributed by atoms with Crippen LogP contribution in [-0.2, 0) is 11.4 Å². The van der Waals surface area contributed by atoms with E-state index in [4.69, 9.17) is 9.15 Å². The van der Waals surface area contributed by atoms with Crippen molar-refractivity contribution in [3.8, 4) is 5.75 Å². The molecule has 29 heavy (non-hydrogen) atoms. The molecule has 3 aromatic carbocycles. The van der Waals surface area contributed by atoms with Crippen molar-refractivity contribution in [2.75, 3.05) is 5.32 Å². The first-order valence-corrected chi connectivity index (χ1v) is 9.29. The second kappa shape index (κ2) is 8.06. The molecule has 0 fully saturated rings. The molecule has 4 aromatic rings. The number of carbonyl (C=O) groups excluding carboxylic acids is 1.